The van der Waals surface area contributed by atoms with Crippen molar-refractivity contribution in [2.75, 3.05) is 12.4 Å². The summed E-state index contributed by atoms with van der Waals surface area (Å²) in [6.07, 6.45) is 2.02. The number of carbonyl (C=O) groups is 1. The number of ether oxygens (including phenoxy) is 1. The topological polar surface area (TPSA) is 64.3 Å². The van der Waals surface area contributed by atoms with Crippen molar-refractivity contribution >= 4 is 11.6 Å². The average molecular weight is 220 g/mol. The van der Waals surface area contributed by atoms with Gasteiger partial charge in [0.15, 0.2) is 0 Å². The fourth-order valence-corrected chi connectivity index (χ4v) is 1.72. The summed E-state index contributed by atoms with van der Waals surface area (Å²) >= 11 is 0. The molecule has 86 valence electrons. The van der Waals surface area contributed by atoms with Gasteiger partial charge in [0.1, 0.15) is 5.75 Å². The molecular weight excluding hydrogens is 204 g/mol. The maximum Gasteiger partial charge on any atom is 0.221 e. The predicted molar refractivity (Wildman–Crippen MR) is 62.4 cm³/mol. The lowest BCUT2D eigenvalue weighted by Gasteiger charge is -2.14. The lowest BCUT2D eigenvalue weighted by molar-refractivity contribution is -0.114. The van der Waals surface area contributed by atoms with E-state index < -0.39 is 0 Å². The van der Waals surface area contributed by atoms with Gasteiger partial charge < -0.3 is 15.8 Å². The molecule has 1 aliphatic carbocycles. The molecule has 0 spiro atoms. The van der Waals surface area contributed by atoms with E-state index >= 15 is 0 Å². The smallest absolute Gasteiger partial charge is 0.221 e. The first-order valence-corrected chi connectivity index (χ1v) is 5.30. The van der Waals surface area contributed by atoms with Gasteiger partial charge >= 0.3 is 0 Å². The van der Waals surface area contributed by atoms with Crippen LogP contribution in [0.2, 0.25) is 0 Å². The third-order valence-electron chi connectivity index (χ3n) is 2.88. The Balaban J connectivity index is 2.31. The van der Waals surface area contributed by atoms with Crippen molar-refractivity contribution < 1.29 is 9.53 Å². The Morgan fingerprint density at radius 1 is 1.50 bits per heavy atom. The monoisotopic (exact) mass is 220 g/mol. The van der Waals surface area contributed by atoms with E-state index in [9.17, 15) is 4.79 Å². The lowest BCUT2D eigenvalue weighted by Crippen LogP contribution is -2.19. The summed E-state index contributed by atoms with van der Waals surface area (Å²) < 4.78 is 5.24. The Morgan fingerprint density at radius 2 is 2.19 bits per heavy atom. The molecule has 1 amide bonds. The second-order valence-electron chi connectivity index (χ2n) is 4.25. The molecule has 0 radical (unpaired) electrons. The zero-order valence-corrected chi connectivity index (χ0v) is 9.54. The molecule has 0 unspecified atom stereocenters. The molecule has 1 saturated carbocycles. The summed E-state index contributed by atoms with van der Waals surface area (Å²) in [6, 6.07) is 5.68. The van der Waals surface area contributed by atoms with Gasteiger partial charge in [0.2, 0.25) is 5.91 Å². The first-order chi connectivity index (χ1) is 7.55. The Bertz CT molecular complexity index is 425. The van der Waals surface area contributed by atoms with Gasteiger partial charge in [-0.1, -0.05) is 6.07 Å². The minimum absolute atomic E-state index is 0.111. The molecular formula is C12H16N2O2. The minimum atomic E-state index is -0.179. The number of amides is 1. The van der Waals surface area contributed by atoms with Crippen molar-refractivity contribution in [3.63, 3.8) is 0 Å². The molecule has 0 saturated heterocycles. The number of hydrogen-bond donors (Lipinski definition) is 2. The van der Waals surface area contributed by atoms with E-state index in [1.54, 1.807) is 7.11 Å². The zero-order valence-electron chi connectivity index (χ0n) is 9.54. The minimum Gasteiger partial charge on any atom is -0.495 e. The number of rotatable bonds is 3. The molecule has 4 heteroatoms. The number of hydrogen-bond acceptors (Lipinski definition) is 3. The highest BCUT2D eigenvalue weighted by Gasteiger charge is 2.40. The Kier molecular flexibility index (Phi) is 2.59. The van der Waals surface area contributed by atoms with E-state index in [0.717, 1.165) is 18.4 Å². The molecule has 1 aromatic carbocycles. The second kappa shape index (κ2) is 3.79. The van der Waals surface area contributed by atoms with Crippen LogP contribution in [0.1, 0.15) is 25.3 Å². The van der Waals surface area contributed by atoms with E-state index in [4.69, 9.17) is 10.5 Å². The second-order valence-corrected chi connectivity index (χ2v) is 4.25. The summed E-state index contributed by atoms with van der Waals surface area (Å²) in [5.74, 6) is 0.546. The average Bonchev–Trinajstić information content (AvgIpc) is 2.97. The highest BCUT2D eigenvalue weighted by molar-refractivity contribution is 5.90. The predicted octanol–water partition coefficient (Wildman–Crippen LogP) is 1.60. The van der Waals surface area contributed by atoms with Gasteiger partial charge in [-0.25, -0.2) is 0 Å². The van der Waals surface area contributed by atoms with Crippen LogP contribution < -0.4 is 15.8 Å². The molecule has 0 heterocycles. The number of benzene rings is 1. The van der Waals surface area contributed by atoms with Gasteiger partial charge in [-0.2, -0.15) is 0 Å². The van der Waals surface area contributed by atoms with Crippen LogP contribution in [-0.2, 0) is 10.3 Å². The maximum absolute atomic E-state index is 11.0. The quantitative estimate of drug-likeness (QED) is 0.813. The van der Waals surface area contributed by atoms with Crippen LogP contribution in [0.4, 0.5) is 5.69 Å². The van der Waals surface area contributed by atoms with E-state index in [2.05, 4.69) is 5.32 Å². The molecule has 3 N–H and O–H groups in total. The van der Waals surface area contributed by atoms with Crippen molar-refractivity contribution in [3.8, 4) is 5.75 Å². The van der Waals surface area contributed by atoms with Crippen molar-refractivity contribution in [2.45, 2.75) is 25.3 Å². The van der Waals surface area contributed by atoms with E-state index in [-0.39, 0.29) is 11.4 Å². The lowest BCUT2D eigenvalue weighted by atomic mass is 10.0. The van der Waals surface area contributed by atoms with Crippen LogP contribution in [0.5, 0.6) is 5.75 Å². The third-order valence-corrected chi connectivity index (χ3v) is 2.88. The molecule has 1 aliphatic rings. The van der Waals surface area contributed by atoms with Gasteiger partial charge in [0.05, 0.1) is 12.8 Å². The van der Waals surface area contributed by atoms with Gasteiger partial charge in [-0.3, -0.25) is 4.79 Å². The van der Waals surface area contributed by atoms with Crippen molar-refractivity contribution in [1.29, 1.82) is 0 Å². The summed E-state index contributed by atoms with van der Waals surface area (Å²) in [4.78, 5) is 11.0. The molecule has 0 atom stereocenters. The van der Waals surface area contributed by atoms with Gasteiger partial charge in [0, 0.05) is 12.5 Å². The molecule has 1 aromatic rings. The van der Waals surface area contributed by atoms with Crippen LogP contribution in [-0.4, -0.2) is 13.0 Å². The maximum atomic E-state index is 11.0. The van der Waals surface area contributed by atoms with Gasteiger partial charge in [0.25, 0.3) is 0 Å². The standard InChI is InChI=1S/C12H16N2O2/c1-8(15)14-10-4-3-9(7-11(10)16-2)12(13)5-6-12/h3-4,7H,5-6,13H2,1-2H3,(H,14,15). The van der Waals surface area contributed by atoms with E-state index in [0.29, 0.717) is 11.4 Å². The number of carbonyl (C=O) groups excluding carboxylic acids is 1. The van der Waals surface area contributed by atoms with Crippen molar-refractivity contribution in [3.05, 3.63) is 23.8 Å². The molecule has 0 aromatic heterocycles. The molecule has 4 nitrogen and oxygen atoms in total. The highest BCUT2D eigenvalue weighted by atomic mass is 16.5. The number of nitrogens with two attached hydrogens (primary N) is 1. The van der Waals surface area contributed by atoms with Crippen molar-refractivity contribution in [1.82, 2.24) is 0 Å². The molecule has 1 fully saturated rings. The molecule has 16 heavy (non-hydrogen) atoms. The number of methoxy groups -OCH3 is 1. The fraction of sp³-hybridized carbons (Fsp3) is 0.417. The van der Waals surface area contributed by atoms with Crippen LogP contribution in [0, 0.1) is 0 Å². The summed E-state index contributed by atoms with van der Waals surface area (Å²) in [5, 5.41) is 2.72. The van der Waals surface area contributed by atoms with Gasteiger partial charge in [-0.05, 0) is 30.5 Å². The number of anilines is 1. The van der Waals surface area contributed by atoms with Gasteiger partial charge in [-0.15, -0.1) is 0 Å². The first kappa shape index (κ1) is 11.0. The summed E-state index contributed by atoms with van der Waals surface area (Å²) in [7, 11) is 1.58. The Morgan fingerprint density at radius 3 is 2.69 bits per heavy atom. The van der Waals surface area contributed by atoms with Crippen LogP contribution >= 0.6 is 0 Å². The third kappa shape index (κ3) is 2.02. The number of nitrogens with one attached hydrogen (secondary N) is 1. The largest absolute Gasteiger partial charge is 0.495 e. The summed E-state index contributed by atoms with van der Waals surface area (Å²) in [6.45, 7) is 1.47. The van der Waals surface area contributed by atoms with Crippen LogP contribution in [0.25, 0.3) is 0 Å². The van der Waals surface area contributed by atoms with E-state index in [1.807, 2.05) is 18.2 Å². The zero-order chi connectivity index (χ0) is 11.8. The van der Waals surface area contributed by atoms with Crippen LogP contribution in [0.3, 0.4) is 0 Å². The normalized spacial score (nSPS) is 16.7. The Hall–Kier alpha value is -1.55. The Labute approximate surface area is 94.8 Å². The highest BCUT2D eigenvalue weighted by Crippen LogP contribution is 2.44. The van der Waals surface area contributed by atoms with Crippen molar-refractivity contribution in [2.24, 2.45) is 5.73 Å². The molecule has 0 bridgehead atoms. The fourth-order valence-electron chi connectivity index (χ4n) is 1.72. The SMILES string of the molecule is COc1cc(C2(N)CC2)ccc1NC(C)=O. The molecule has 2 rings (SSSR count). The van der Waals surface area contributed by atoms with Crippen LogP contribution in [0.15, 0.2) is 18.2 Å². The first-order valence-electron chi connectivity index (χ1n) is 5.30. The summed E-state index contributed by atoms with van der Waals surface area (Å²) in [5.41, 5.74) is 7.67. The van der Waals surface area contributed by atoms with E-state index in [1.165, 1.54) is 6.92 Å². The molecule has 0 aliphatic heterocycles.